The molecule has 200 valence electrons. The maximum absolute atomic E-state index is 13.3. The van der Waals surface area contributed by atoms with Crippen LogP contribution in [0.2, 0.25) is 0 Å². The number of allylic oxidation sites excluding steroid dienone is 1. The molecular formula is C29H34N4O5. The molecule has 38 heavy (non-hydrogen) atoms. The van der Waals surface area contributed by atoms with E-state index in [2.05, 4.69) is 16.7 Å². The molecule has 0 atom stereocenters. The van der Waals surface area contributed by atoms with Crippen LogP contribution in [0.5, 0.6) is 5.75 Å². The number of hydrogen-bond donors (Lipinski definition) is 2. The lowest BCUT2D eigenvalue weighted by atomic mass is 9.97. The topological polar surface area (TPSA) is 111 Å². The van der Waals surface area contributed by atoms with Gasteiger partial charge in [-0.3, -0.25) is 23.5 Å². The summed E-state index contributed by atoms with van der Waals surface area (Å²) in [7, 11) is 1.56. The molecule has 9 nitrogen and oxygen atoms in total. The first-order valence-corrected chi connectivity index (χ1v) is 13.0. The van der Waals surface area contributed by atoms with Gasteiger partial charge in [0, 0.05) is 31.6 Å². The van der Waals surface area contributed by atoms with E-state index in [-0.39, 0.29) is 37.9 Å². The minimum atomic E-state index is -0.614. The minimum absolute atomic E-state index is 0.0655. The van der Waals surface area contributed by atoms with Gasteiger partial charge < -0.3 is 15.4 Å². The molecule has 0 aliphatic heterocycles. The average Bonchev–Trinajstić information content (AvgIpc) is 2.94. The molecule has 2 N–H and O–H groups in total. The standard InChI is InChI=1S/C29H34N4O5/c1-38-25-14-8-5-11-22(25)19-31-26(34)16-18-32-28(36)23-12-6-7-13-24(23)33(29(32)37)20-27(35)30-17-15-21-9-3-2-4-10-21/h5-9,11-14H,2-4,10,15-20H2,1H3,(H,30,35)(H,31,34). The largest absolute Gasteiger partial charge is 0.496 e. The van der Waals surface area contributed by atoms with Crippen LogP contribution in [0.4, 0.5) is 0 Å². The quantitative estimate of drug-likeness (QED) is 0.379. The van der Waals surface area contributed by atoms with E-state index in [1.165, 1.54) is 23.0 Å². The first kappa shape index (κ1) is 26.9. The molecule has 0 spiro atoms. The SMILES string of the molecule is COc1ccccc1CNC(=O)CCn1c(=O)c2ccccc2n(CC(=O)NCCC2=CCCCC2)c1=O. The van der Waals surface area contributed by atoms with Crippen LogP contribution in [0.15, 0.2) is 69.8 Å². The number of carbonyl (C=O) groups is 2. The fourth-order valence-corrected chi connectivity index (χ4v) is 4.76. The number of benzene rings is 2. The van der Waals surface area contributed by atoms with E-state index in [1.54, 1.807) is 31.4 Å². The highest BCUT2D eigenvalue weighted by Crippen LogP contribution is 2.19. The predicted octanol–water partition coefficient (Wildman–Crippen LogP) is 2.89. The molecule has 1 aromatic heterocycles. The Labute approximate surface area is 221 Å². The Morgan fingerprint density at radius 1 is 0.947 bits per heavy atom. The zero-order chi connectivity index (χ0) is 26.9. The van der Waals surface area contributed by atoms with E-state index >= 15 is 0 Å². The van der Waals surface area contributed by atoms with E-state index in [4.69, 9.17) is 4.74 Å². The van der Waals surface area contributed by atoms with Crippen LogP contribution < -0.4 is 26.6 Å². The van der Waals surface area contributed by atoms with E-state index in [0.717, 1.165) is 29.4 Å². The summed E-state index contributed by atoms with van der Waals surface area (Å²) in [4.78, 5) is 51.7. The highest BCUT2D eigenvalue weighted by molar-refractivity contribution is 5.81. The van der Waals surface area contributed by atoms with Crippen molar-refractivity contribution in [3.63, 3.8) is 0 Å². The fourth-order valence-electron chi connectivity index (χ4n) is 4.76. The number of ether oxygens (including phenoxy) is 1. The van der Waals surface area contributed by atoms with Crippen LogP contribution in [0, 0.1) is 0 Å². The second kappa shape index (κ2) is 12.9. The Kier molecular flexibility index (Phi) is 9.13. The fraction of sp³-hybridized carbons (Fsp3) is 0.379. The summed E-state index contributed by atoms with van der Waals surface area (Å²) in [5, 5.41) is 6.02. The lowest BCUT2D eigenvalue weighted by Gasteiger charge is -2.15. The highest BCUT2D eigenvalue weighted by atomic mass is 16.5. The van der Waals surface area contributed by atoms with Gasteiger partial charge in [0.15, 0.2) is 0 Å². The van der Waals surface area contributed by atoms with Gasteiger partial charge in [0.25, 0.3) is 5.56 Å². The molecule has 0 fully saturated rings. The second-order valence-corrected chi connectivity index (χ2v) is 9.39. The van der Waals surface area contributed by atoms with E-state index in [0.29, 0.717) is 23.2 Å². The molecule has 0 unspecified atom stereocenters. The summed E-state index contributed by atoms with van der Waals surface area (Å²) >= 11 is 0. The number of nitrogens with one attached hydrogen (secondary N) is 2. The number of aromatic nitrogens is 2. The van der Waals surface area contributed by atoms with Gasteiger partial charge >= 0.3 is 5.69 Å². The van der Waals surface area contributed by atoms with Gasteiger partial charge in [-0.1, -0.05) is 42.0 Å². The molecule has 2 aromatic carbocycles. The van der Waals surface area contributed by atoms with Gasteiger partial charge in [0.1, 0.15) is 12.3 Å². The minimum Gasteiger partial charge on any atom is -0.496 e. The Hall–Kier alpha value is -4.14. The van der Waals surface area contributed by atoms with Crippen molar-refractivity contribution in [3.8, 4) is 5.75 Å². The zero-order valence-corrected chi connectivity index (χ0v) is 21.7. The lowest BCUT2D eigenvalue weighted by Crippen LogP contribution is -2.43. The normalized spacial score (nSPS) is 13.1. The van der Waals surface area contributed by atoms with Crippen molar-refractivity contribution < 1.29 is 14.3 Å². The molecule has 0 bridgehead atoms. The molecule has 2 amide bonds. The third kappa shape index (κ3) is 6.59. The first-order valence-electron chi connectivity index (χ1n) is 13.0. The summed E-state index contributed by atoms with van der Waals surface area (Å²) in [6.07, 6.45) is 7.53. The number of fused-ring (bicyclic) bond motifs is 1. The molecule has 0 saturated carbocycles. The average molecular weight is 519 g/mol. The number of carbonyl (C=O) groups excluding carboxylic acids is 2. The second-order valence-electron chi connectivity index (χ2n) is 9.39. The molecular weight excluding hydrogens is 484 g/mol. The highest BCUT2D eigenvalue weighted by Gasteiger charge is 2.16. The van der Waals surface area contributed by atoms with Crippen molar-refractivity contribution >= 4 is 22.7 Å². The van der Waals surface area contributed by atoms with Gasteiger partial charge in [-0.15, -0.1) is 0 Å². The predicted molar refractivity (Wildman–Crippen MR) is 146 cm³/mol. The molecule has 0 radical (unpaired) electrons. The molecule has 0 saturated heterocycles. The number of methoxy groups -OCH3 is 1. The number of rotatable bonds is 11. The Balaban J connectivity index is 1.45. The Morgan fingerprint density at radius 2 is 1.74 bits per heavy atom. The van der Waals surface area contributed by atoms with Crippen LogP contribution in [-0.2, 0) is 29.2 Å². The Morgan fingerprint density at radius 3 is 2.53 bits per heavy atom. The summed E-state index contributed by atoms with van der Waals surface area (Å²) in [5.74, 6) is 0.0558. The van der Waals surface area contributed by atoms with E-state index in [1.807, 2.05) is 24.3 Å². The molecule has 1 aliphatic carbocycles. The molecule has 9 heteroatoms. The number of hydrogen-bond acceptors (Lipinski definition) is 5. The zero-order valence-electron chi connectivity index (χ0n) is 21.7. The van der Waals surface area contributed by atoms with E-state index in [9.17, 15) is 19.2 Å². The van der Waals surface area contributed by atoms with E-state index < -0.39 is 11.2 Å². The van der Waals surface area contributed by atoms with Gasteiger partial charge in [0.2, 0.25) is 11.8 Å². The van der Waals surface area contributed by atoms with Crippen molar-refractivity contribution in [2.24, 2.45) is 0 Å². The summed E-state index contributed by atoms with van der Waals surface area (Å²) in [6, 6.07) is 14.1. The van der Waals surface area contributed by atoms with Crippen LogP contribution in [-0.4, -0.2) is 34.6 Å². The van der Waals surface area contributed by atoms with Gasteiger partial charge in [-0.2, -0.15) is 0 Å². The van der Waals surface area contributed by atoms with Crippen LogP contribution in [0.1, 0.15) is 44.1 Å². The van der Waals surface area contributed by atoms with Crippen molar-refractivity contribution in [1.29, 1.82) is 0 Å². The summed E-state index contributed by atoms with van der Waals surface area (Å²) < 4.78 is 7.64. The Bertz CT molecular complexity index is 1450. The maximum Gasteiger partial charge on any atom is 0.331 e. The van der Waals surface area contributed by atoms with Crippen LogP contribution >= 0.6 is 0 Å². The lowest BCUT2D eigenvalue weighted by molar-refractivity contribution is -0.122. The molecule has 1 heterocycles. The van der Waals surface area contributed by atoms with Gasteiger partial charge in [0.05, 0.1) is 18.0 Å². The van der Waals surface area contributed by atoms with Gasteiger partial charge in [-0.25, -0.2) is 4.79 Å². The monoisotopic (exact) mass is 518 g/mol. The number of nitrogens with zero attached hydrogens (tertiary/aromatic N) is 2. The van der Waals surface area contributed by atoms with Gasteiger partial charge in [-0.05, 0) is 50.3 Å². The maximum atomic E-state index is 13.3. The third-order valence-corrected chi connectivity index (χ3v) is 6.82. The molecule has 4 rings (SSSR count). The summed E-state index contributed by atoms with van der Waals surface area (Å²) in [6.45, 7) is 0.453. The number of amides is 2. The summed E-state index contributed by atoms with van der Waals surface area (Å²) in [5.41, 5.74) is 1.47. The third-order valence-electron chi connectivity index (χ3n) is 6.82. The van der Waals surface area contributed by atoms with Crippen LogP contribution in [0.3, 0.4) is 0 Å². The first-order chi connectivity index (χ1) is 18.5. The van der Waals surface area contributed by atoms with Crippen molar-refractivity contribution in [3.05, 3.63) is 86.6 Å². The number of para-hydroxylation sites is 2. The molecule has 1 aliphatic rings. The smallest absolute Gasteiger partial charge is 0.331 e. The van der Waals surface area contributed by atoms with Crippen molar-refractivity contribution in [2.45, 2.75) is 58.2 Å². The van der Waals surface area contributed by atoms with Crippen molar-refractivity contribution in [2.75, 3.05) is 13.7 Å². The van der Waals surface area contributed by atoms with Crippen LogP contribution in [0.25, 0.3) is 10.9 Å². The molecule has 3 aromatic rings. The van der Waals surface area contributed by atoms with Crippen molar-refractivity contribution in [1.82, 2.24) is 19.8 Å².